The lowest BCUT2D eigenvalue weighted by Gasteiger charge is -2.20. The number of aliphatic carboxylic acids is 1. The van der Waals surface area contributed by atoms with Crippen LogP contribution in [-0.2, 0) is 19.1 Å². The molecule has 7 heteroatoms. The molecule has 0 aliphatic rings. The number of hydrogen-bond acceptors (Lipinski definition) is 5. The van der Waals surface area contributed by atoms with Crippen LogP contribution in [0.15, 0.2) is 0 Å². The third kappa shape index (κ3) is 7.61. The summed E-state index contributed by atoms with van der Waals surface area (Å²) < 4.78 is 4.40. The molecule has 0 aromatic heterocycles. The molecule has 0 fully saturated rings. The molecule has 18 heavy (non-hydrogen) atoms. The van der Waals surface area contributed by atoms with E-state index in [1.807, 2.05) is 0 Å². The molecule has 0 radical (unpaired) electrons. The van der Waals surface area contributed by atoms with Gasteiger partial charge in [-0.2, -0.15) is 0 Å². The van der Waals surface area contributed by atoms with Crippen LogP contribution in [0.1, 0.15) is 33.1 Å². The average Bonchev–Trinajstić information content (AvgIpc) is 2.20. The number of methoxy groups -OCH3 is 1. The Balaban J connectivity index is 4.32. The van der Waals surface area contributed by atoms with Gasteiger partial charge in [0.05, 0.1) is 7.11 Å². The maximum Gasteiger partial charge on any atom is 0.326 e. The monoisotopic (exact) mass is 260 g/mol. The summed E-state index contributed by atoms with van der Waals surface area (Å²) in [5.74, 6) is -2.17. The van der Waals surface area contributed by atoms with Crippen molar-refractivity contribution in [2.24, 2.45) is 5.73 Å². The molecule has 0 saturated heterocycles. The Morgan fingerprint density at radius 2 is 1.94 bits per heavy atom. The van der Waals surface area contributed by atoms with Crippen molar-refractivity contribution in [1.29, 1.82) is 0 Å². The number of esters is 1. The number of carboxylic acid groups (broad SMARTS) is 1. The number of carbonyl (C=O) groups excluding carboxylic acids is 2. The van der Waals surface area contributed by atoms with Crippen LogP contribution in [0.25, 0.3) is 0 Å². The van der Waals surface area contributed by atoms with Crippen molar-refractivity contribution < 1.29 is 24.2 Å². The smallest absolute Gasteiger partial charge is 0.326 e. The number of carbonyl (C=O) groups is 3. The van der Waals surface area contributed by atoms with E-state index < -0.39 is 29.4 Å². The molecule has 0 aromatic carbocycles. The summed E-state index contributed by atoms with van der Waals surface area (Å²) in [4.78, 5) is 33.3. The summed E-state index contributed by atoms with van der Waals surface area (Å²) in [7, 11) is 1.22. The van der Waals surface area contributed by atoms with Gasteiger partial charge in [-0.25, -0.2) is 4.79 Å². The maximum atomic E-state index is 11.5. The molecule has 0 heterocycles. The molecule has 104 valence electrons. The van der Waals surface area contributed by atoms with Crippen molar-refractivity contribution in [2.45, 2.75) is 44.7 Å². The Morgan fingerprint density at radius 3 is 2.33 bits per heavy atom. The minimum Gasteiger partial charge on any atom is -0.480 e. The Labute approximate surface area is 106 Å². The highest BCUT2D eigenvalue weighted by Crippen LogP contribution is 2.05. The molecule has 1 unspecified atom stereocenters. The van der Waals surface area contributed by atoms with Gasteiger partial charge >= 0.3 is 11.9 Å². The number of nitrogens with two attached hydrogens (primary N) is 1. The number of amides is 1. The number of rotatable bonds is 7. The first kappa shape index (κ1) is 16.4. The summed E-state index contributed by atoms with van der Waals surface area (Å²) in [5.41, 5.74) is 4.94. The zero-order chi connectivity index (χ0) is 14.3. The molecule has 7 nitrogen and oxygen atoms in total. The van der Waals surface area contributed by atoms with Gasteiger partial charge in [0, 0.05) is 18.4 Å². The van der Waals surface area contributed by atoms with Crippen molar-refractivity contribution in [3.63, 3.8) is 0 Å². The van der Waals surface area contributed by atoms with E-state index in [9.17, 15) is 14.4 Å². The van der Waals surface area contributed by atoms with E-state index in [0.29, 0.717) is 0 Å². The van der Waals surface area contributed by atoms with Crippen molar-refractivity contribution in [3.8, 4) is 0 Å². The maximum absolute atomic E-state index is 11.5. The highest BCUT2D eigenvalue weighted by atomic mass is 16.5. The first-order valence-electron chi connectivity index (χ1n) is 5.53. The number of ether oxygens (including phenoxy) is 1. The second kappa shape index (κ2) is 6.95. The zero-order valence-electron chi connectivity index (χ0n) is 10.9. The molecule has 1 amide bonds. The quantitative estimate of drug-likeness (QED) is 0.538. The van der Waals surface area contributed by atoms with Crippen molar-refractivity contribution in [1.82, 2.24) is 5.32 Å². The van der Waals surface area contributed by atoms with Crippen LogP contribution in [-0.4, -0.2) is 41.6 Å². The van der Waals surface area contributed by atoms with Gasteiger partial charge in [0.1, 0.15) is 6.04 Å². The highest BCUT2D eigenvalue weighted by Gasteiger charge is 2.24. The van der Waals surface area contributed by atoms with Crippen LogP contribution in [0.5, 0.6) is 0 Å². The van der Waals surface area contributed by atoms with Gasteiger partial charge in [-0.05, 0) is 20.3 Å². The van der Waals surface area contributed by atoms with Crippen molar-refractivity contribution >= 4 is 17.8 Å². The van der Waals surface area contributed by atoms with Crippen molar-refractivity contribution in [2.75, 3.05) is 7.11 Å². The van der Waals surface area contributed by atoms with Gasteiger partial charge in [0.15, 0.2) is 0 Å². The summed E-state index contributed by atoms with van der Waals surface area (Å²) in [6.07, 6.45) is -0.0759. The molecule has 0 saturated carbocycles. The minimum absolute atomic E-state index is 0.00893. The Hall–Kier alpha value is -1.63. The van der Waals surface area contributed by atoms with E-state index in [1.54, 1.807) is 13.8 Å². The third-order valence-electron chi connectivity index (χ3n) is 2.11. The molecule has 0 spiro atoms. The molecule has 0 rings (SSSR count). The number of nitrogens with one attached hydrogen (secondary N) is 1. The first-order chi connectivity index (χ1) is 8.15. The first-order valence-corrected chi connectivity index (χ1v) is 5.53. The molecule has 1 atom stereocenters. The van der Waals surface area contributed by atoms with Crippen LogP contribution < -0.4 is 11.1 Å². The van der Waals surface area contributed by atoms with E-state index in [4.69, 9.17) is 10.8 Å². The van der Waals surface area contributed by atoms with E-state index in [-0.39, 0.29) is 19.3 Å². The molecule has 0 bridgehead atoms. The summed E-state index contributed by atoms with van der Waals surface area (Å²) >= 11 is 0. The SMILES string of the molecule is COC(=O)CCC(NC(=O)CC(C)(C)N)C(=O)O. The van der Waals surface area contributed by atoms with Crippen LogP contribution in [0, 0.1) is 0 Å². The summed E-state index contributed by atoms with van der Waals surface area (Å²) in [6, 6.07) is -1.11. The van der Waals surface area contributed by atoms with Gasteiger partial charge < -0.3 is 20.9 Å². The van der Waals surface area contributed by atoms with Gasteiger partial charge in [-0.1, -0.05) is 0 Å². The summed E-state index contributed by atoms with van der Waals surface area (Å²) in [5, 5.41) is 11.2. The van der Waals surface area contributed by atoms with Gasteiger partial charge in [0.2, 0.25) is 5.91 Å². The second-order valence-electron chi connectivity index (χ2n) is 4.74. The van der Waals surface area contributed by atoms with Crippen LogP contribution >= 0.6 is 0 Å². The topological polar surface area (TPSA) is 119 Å². The fourth-order valence-corrected chi connectivity index (χ4v) is 1.28. The van der Waals surface area contributed by atoms with Gasteiger partial charge in [-0.3, -0.25) is 9.59 Å². The van der Waals surface area contributed by atoms with Gasteiger partial charge in [-0.15, -0.1) is 0 Å². The van der Waals surface area contributed by atoms with E-state index in [1.165, 1.54) is 7.11 Å². The zero-order valence-corrected chi connectivity index (χ0v) is 10.9. The third-order valence-corrected chi connectivity index (χ3v) is 2.11. The number of carboxylic acids is 1. The number of hydrogen-bond donors (Lipinski definition) is 3. The molecule has 0 aromatic rings. The molecule has 4 N–H and O–H groups in total. The van der Waals surface area contributed by atoms with Gasteiger partial charge in [0.25, 0.3) is 0 Å². The standard InChI is InChI=1S/C11H20N2O5/c1-11(2,12)6-8(14)13-7(10(16)17)4-5-9(15)18-3/h7H,4-6,12H2,1-3H3,(H,13,14)(H,16,17). The fourth-order valence-electron chi connectivity index (χ4n) is 1.28. The minimum atomic E-state index is -1.19. The summed E-state index contributed by atoms with van der Waals surface area (Å²) in [6.45, 7) is 3.33. The van der Waals surface area contributed by atoms with E-state index >= 15 is 0 Å². The Kier molecular flexibility index (Phi) is 6.32. The van der Waals surface area contributed by atoms with E-state index in [0.717, 1.165) is 0 Å². The molecular weight excluding hydrogens is 240 g/mol. The Morgan fingerprint density at radius 1 is 1.39 bits per heavy atom. The van der Waals surface area contributed by atoms with Crippen LogP contribution in [0.3, 0.4) is 0 Å². The normalized spacial score (nSPS) is 12.7. The van der Waals surface area contributed by atoms with E-state index in [2.05, 4.69) is 10.1 Å². The predicted molar refractivity (Wildman–Crippen MR) is 63.7 cm³/mol. The molecule has 0 aliphatic heterocycles. The lowest BCUT2D eigenvalue weighted by Crippen LogP contribution is -2.45. The van der Waals surface area contributed by atoms with Crippen LogP contribution in [0.4, 0.5) is 0 Å². The highest BCUT2D eigenvalue weighted by molar-refractivity contribution is 5.84. The molecular formula is C11H20N2O5. The fraction of sp³-hybridized carbons (Fsp3) is 0.727. The van der Waals surface area contributed by atoms with Crippen LogP contribution in [0.2, 0.25) is 0 Å². The average molecular weight is 260 g/mol. The lowest BCUT2D eigenvalue weighted by atomic mass is 10.0. The lowest BCUT2D eigenvalue weighted by molar-refractivity contribution is -0.144. The Bertz CT molecular complexity index is 322. The molecule has 0 aliphatic carbocycles. The predicted octanol–water partition coefficient (Wildman–Crippen LogP) is -0.364. The van der Waals surface area contributed by atoms with Crippen molar-refractivity contribution in [3.05, 3.63) is 0 Å². The largest absolute Gasteiger partial charge is 0.480 e. The second-order valence-corrected chi connectivity index (χ2v) is 4.74.